The lowest BCUT2D eigenvalue weighted by Crippen LogP contribution is -2.53. The summed E-state index contributed by atoms with van der Waals surface area (Å²) in [7, 11) is 0. The summed E-state index contributed by atoms with van der Waals surface area (Å²) in [6.45, 7) is 2.83. The topological polar surface area (TPSA) is 104 Å². The predicted octanol–water partition coefficient (Wildman–Crippen LogP) is 2.31. The number of nitrogens with zero attached hydrogens (tertiary/aromatic N) is 3. The minimum Gasteiger partial charge on any atom is -0.361 e. The van der Waals surface area contributed by atoms with Gasteiger partial charge in [-0.2, -0.15) is 4.98 Å². The third-order valence-electron chi connectivity index (χ3n) is 6.12. The highest BCUT2D eigenvalue weighted by atomic mass is 16.5. The predicted molar refractivity (Wildman–Crippen MR) is 110 cm³/mol. The van der Waals surface area contributed by atoms with Gasteiger partial charge in [-0.1, -0.05) is 23.4 Å². The number of aromatic amines is 1. The van der Waals surface area contributed by atoms with Gasteiger partial charge in [0.2, 0.25) is 17.7 Å². The zero-order chi connectivity index (χ0) is 20.7. The number of benzene rings is 1. The minimum atomic E-state index is -0.224. The van der Waals surface area contributed by atoms with Gasteiger partial charge in [0.15, 0.2) is 5.82 Å². The number of hydrogen-bond acceptors (Lipinski definition) is 5. The van der Waals surface area contributed by atoms with Crippen molar-refractivity contribution in [3.63, 3.8) is 0 Å². The van der Waals surface area contributed by atoms with Crippen LogP contribution in [0, 0.1) is 12.8 Å². The highest BCUT2D eigenvalue weighted by Gasteiger charge is 2.39. The van der Waals surface area contributed by atoms with Crippen molar-refractivity contribution in [1.82, 2.24) is 25.3 Å². The number of carbonyl (C=O) groups is 2. The molecular weight excluding hydrogens is 382 g/mol. The molecule has 2 amide bonds. The van der Waals surface area contributed by atoms with Crippen molar-refractivity contribution in [2.45, 2.75) is 44.6 Å². The van der Waals surface area contributed by atoms with Crippen molar-refractivity contribution in [3.05, 3.63) is 47.7 Å². The van der Waals surface area contributed by atoms with Crippen LogP contribution in [0.15, 0.2) is 35.0 Å². The molecule has 0 spiro atoms. The lowest BCUT2D eigenvalue weighted by Gasteiger charge is -2.37. The number of para-hydroxylation sites is 1. The average Bonchev–Trinajstić information content (AvgIpc) is 3.41. The van der Waals surface area contributed by atoms with Crippen LogP contribution in [0.3, 0.4) is 0 Å². The van der Waals surface area contributed by atoms with E-state index in [9.17, 15) is 9.59 Å². The van der Waals surface area contributed by atoms with Crippen LogP contribution in [0.1, 0.15) is 42.5 Å². The van der Waals surface area contributed by atoms with Gasteiger partial charge in [-0.25, -0.2) is 0 Å². The molecule has 3 heterocycles. The molecule has 3 aromatic rings. The number of H-pyrrole nitrogens is 1. The lowest BCUT2D eigenvalue weighted by molar-refractivity contribution is -0.133. The number of amides is 2. The second kappa shape index (κ2) is 7.59. The molecule has 2 atom stereocenters. The van der Waals surface area contributed by atoms with Gasteiger partial charge in [0, 0.05) is 36.1 Å². The molecule has 5 rings (SSSR count). The Kier molecular flexibility index (Phi) is 4.77. The second-order valence-electron chi connectivity index (χ2n) is 8.34. The van der Waals surface area contributed by atoms with Gasteiger partial charge in [0.05, 0.1) is 18.4 Å². The lowest BCUT2D eigenvalue weighted by atomic mass is 9.90. The normalized spacial score (nSPS) is 21.7. The third kappa shape index (κ3) is 3.69. The number of hydrogen-bond donors (Lipinski definition) is 2. The Morgan fingerprint density at radius 2 is 2.10 bits per heavy atom. The maximum absolute atomic E-state index is 13.1. The van der Waals surface area contributed by atoms with Crippen LogP contribution >= 0.6 is 0 Å². The molecule has 8 heteroatoms. The summed E-state index contributed by atoms with van der Waals surface area (Å²) >= 11 is 0. The van der Waals surface area contributed by atoms with E-state index in [0.717, 1.165) is 29.3 Å². The molecule has 1 saturated carbocycles. The van der Waals surface area contributed by atoms with Crippen molar-refractivity contribution in [3.8, 4) is 0 Å². The van der Waals surface area contributed by atoms with Gasteiger partial charge in [0.1, 0.15) is 0 Å². The van der Waals surface area contributed by atoms with Crippen molar-refractivity contribution in [2.75, 3.05) is 13.1 Å². The van der Waals surface area contributed by atoms with Gasteiger partial charge < -0.3 is 19.7 Å². The van der Waals surface area contributed by atoms with Crippen molar-refractivity contribution in [1.29, 1.82) is 0 Å². The zero-order valence-corrected chi connectivity index (χ0v) is 16.9. The van der Waals surface area contributed by atoms with E-state index in [0.29, 0.717) is 37.6 Å². The van der Waals surface area contributed by atoms with Crippen LogP contribution in [0.4, 0.5) is 0 Å². The fourth-order valence-corrected chi connectivity index (χ4v) is 4.28. The van der Waals surface area contributed by atoms with E-state index in [1.807, 2.05) is 35.4 Å². The second-order valence-corrected chi connectivity index (χ2v) is 8.34. The standard InChI is InChI=1S/C22H25N5O3/c1-13-24-22(30-26-13)17-8-9-27(12-19(17)25-21(29)14-6-7-14)20(28)10-15-11-23-18-5-3-2-4-16(15)18/h2-5,11,14,17,19,23H,6-10,12H2,1H3,(H,25,29)/t17-,19+/m0/s1. The van der Waals surface area contributed by atoms with E-state index in [1.165, 1.54) is 0 Å². The molecule has 1 aliphatic carbocycles. The zero-order valence-electron chi connectivity index (χ0n) is 16.9. The molecule has 0 unspecified atom stereocenters. The van der Waals surface area contributed by atoms with Crippen LogP contribution in [-0.2, 0) is 16.0 Å². The number of likely N-dealkylation sites (tertiary alicyclic amines) is 1. The Morgan fingerprint density at radius 1 is 1.27 bits per heavy atom. The molecule has 2 N–H and O–H groups in total. The first kappa shape index (κ1) is 18.8. The molecule has 1 aromatic carbocycles. The van der Waals surface area contributed by atoms with E-state index >= 15 is 0 Å². The number of fused-ring (bicyclic) bond motifs is 1. The van der Waals surface area contributed by atoms with Crippen LogP contribution < -0.4 is 5.32 Å². The molecule has 1 aliphatic heterocycles. The summed E-state index contributed by atoms with van der Waals surface area (Å²) in [6.07, 6.45) is 4.79. The van der Waals surface area contributed by atoms with Crippen LogP contribution in [0.2, 0.25) is 0 Å². The molecule has 1 saturated heterocycles. The van der Waals surface area contributed by atoms with Crippen LogP contribution in [0.25, 0.3) is 10.9 Å². The Labute approximate surface area is 174 Å². The minimum absolute atomic E-state index is 0.0607. The van der Waals surface area contributed by atoms with Crippen molar-refractivity contribution >= 4 is 22.7 Å². The largest absolute Gasteiger partial charge is 0.361 e. The molecule has 8 nitrogen and oxygen atoms in total. The quantitative estimate of drug-likeness (QED) is 0.675. The van der Waals surface area contributed by atoms with Gasteiger partial charge >= 0.3 is 0 Å². The number of carbonyl (C=O) groups excluding carboxylic acids is 2. The summed E-state index contributed by atoms with van der Waals surface area (Å²) in [4.78, 5) is 35.0. The van der Waals surface area contributed by atoms with Crippen molar-refractivity contribution in [2.24, 2.45) is 5.92 Å². The highest BCUT2D eigenvalue weighted by molar-refractivity contribution is 5.89. The number of aryl methyl sites for hydroxylation is 1. The SMILES string of the molecule is Cc1noc([C@H]2CCN(C(=O)Cc3c[nH]c4ccccc34)C[C@H]2NC(=O)C2CC2)n1. The summed E-state index contributed by atoms with van der Waals surface area (Å²) in [5, 5.41) is 8.12. The molecule has 0 radical (unpaired) electrons. The fraction of sp³-hybridized carbons (Fsp3) is 0.455. The molecule has 0 bridgehead atoms. The highest BCUT2D eigenvalue weighted by Crippen LogP contribution is 2.32. The number of rotatable bonds is 5. The fourth-order valence-electron chi connectivity index (χ4n) is 4.28. The molecule has 30 heavy (non-hydrogen) atoms. The van der Waals surface area contributed by atoms with Gasteiger partial charge in [-0.15, -0.1) is 0 Å². The molecule has 2 fully saturated rings. The first-order chi connectivity index (χ1) is 14.6. The van der Waals surface area contributed by atoms with E-state index in [1.54, 1.807) is 6.92 Å². The number of nitrogens with one attached hydrogen (secondary N) is 2. The van der Waals surface area contributed by atoms with Gasteiger partial charge in [-0.3, -0.25) is 9.59 Å². The Hall–Kier alpha value is -3.16. The Morgan fingerprint density at radius 3 is 2.87 bits per heavy atom. The van der Waals surface area contributed by atoms with Crippen LogP contribution in [0.5, 0.6) is 0 Å². The number of aromatic nitrogens is 3. The number of piperidine rings is 1. The smallest absolute Gasteiger partial charge is 0.231 e. The first-order valence-electron chi connectivity index (χ1n) is 10.5. The average molecular weight is 407 g/mol. The monoisotopic (exact) mass is 407 g/mol. The third-order valence-corrected chi connectivity index (χ3v) is 6.12. The summed E-state index contributed by atoms with van der Waals surface area (Å²) in [5.74, 6) is 1.27. The van der Waals surface area contributed by atoms with E-state index in [-0.39, 0.29) is 29.7 Å². The van der Waals surface area contributed by atoms with E-state index in [2.05, 4.69) is 20.4 Å². The first-order valence-corrected chi connectivity index (χ1v) is 10.5. The van der Waals surface area contributed by atoms with Gasteiger partial charge in [0.25, 0.3) is 0 Å². The van der Waals surface area contributed by atoms with E-state index in [4.69, 9.17) is 4.52 Å². The molecule has 156 valence electrons. The summed E-state index contributed by atoms with van der Waals surface area (Å²) in [5.41, 5.74) is 2.02. The Balaban J connectivity index is 1.32. The molecule has 2 aliphatic rings. The summed E-state index contributed by atoms with van der Waals surface area (Å²) in [6, 6.07) is 7.76. The van der Waals surface area contributed by atoms with E-state index < -0.39 is 0 Å². The molecule has 2 aromatic heterocycles. The molecular formula is C22H25N5O3. The van der Waals surface area contributed by atoms with Crippen molar-refractivity contribution < 1.29 is 14.1 Å². The Bertz CT molecular complexity index is 1080. The maximum Gasteiger partial charge on any atom is 0.231 e. The summed E-state index contributed by atoms with van der Waals surface area (Å²) < 4.78 is 5.40. The maximum atomic E-state index is 13.1. The van der Waals surface area contributed by atoms with Crippen LogP contribution in [-0.4, -0.2) is 51.0 Å². The van der Waals surface area contributed by atoms with Gasteiger partial charge in [-0.05, 0) is 37.8 Å².